The number of rotatable bonds is 7. The summed E-state index contributed by atoms with van der Waals surface area (Å²) >= 11 is 0. The molecular weight excluding hydrogens is 350 g/mol. The molecule has 0 aliphatic rings. The van der Waals surface area contributed by atoms with Crippen molar-refractivity contribution in [3.8, 4) is 11.4 Å². The number of carbonyl (C=O) groups is 3. The lowest BCUT2D eigenvalue weighted by Gasteiger charge is -2.05. The molecule has 0 bridgehead atoms. The zero-order valence-corrected chi connectivity index (χ0v) is 14.9. The average molecular weight is 369 g/mol. The maximum atomic E-state index is 12.4. The highest BCUT2D eigenvalue weighted by Gasteiger charge is 2.26. The largest absolute Gasteiger partial charge is 0.478 e. The van der Waals surface area contributed by atoms with Crippen molar-refractivity contribution in [1.29, 1.82) is 0 Å². The Labute approximate surface area is 155 Å². The number of nitrogens with zero attached hydrogens (tertiary/aromatic N) is 3. The lowest BCUT2D eigenvalue weighted by molar-refractivity contribution is -0.114. The first-order valence-corrected chi connectivity index (χ1v) is 7.92. The number of carboxylic acid groups (broad SMARTS) is 1. The summed E-state index contributed by atoms with van der Waals surface area (Å²) in [5.74, 6) is -1.52. The first kappa shape index (κ1) is 19.6. The Hall–Kier alpha value is -3.75. The quantitative estimate of drug-likeness (QED) is 0.503. The fourth-order valence-corrected chi connectivity index (χ4v) is 2.59. The Kier molecular flexibility index (Phi) is 5.86. The van der Waals surface area contributed by atoms with E-state index in [-0.39, 0.29) is 34.8 Å². The molecule has 0 aromatic carbocycles. The van der Waals surface area contributed by atoms with Crippen LogP contribution in [-0.4, -0.2) is 37.7 Å². The molecule has 2 aromatic heterocycles. The van der Waals surface area contributed by atoms with E-state index < -0.39 is 12.0 Å². The summed E-state index contributed by atoms with van der Waals surface area (Å²) in [6, 6.07) is 2.19. The van der Waals surface area contributed by atoms with E-state index in [2.05, 4.69) is 22.0 Å². The summed E-state index contributed by atoms with van der Waals surface area (Å²) in [6.07, 6.45) is 4.26. The molecule has 2 heterocycles. The topological polar surface area (TPSA) is 140 Å². The molecule has 2 amide bonds. The first-order chi connectivity index (χ1) is 12.8. The lowest BCUT2D eigenvalue weighted by atomic mass is 10.0. The molecule has 0 fully saturated rings. The monoisotopic (exact) mass is 369 g/mol. The van der Waals surface area contributed by atoms with Crippen LogP contribution in [0.4, 0.5) is 10.5 Å². The van der Waals surface area contributed by atoms with E-state index in [0.29, 0.717) is 11.3 Å². The van der Waals surface area contributed by atoms with Crippen LogP contribution < -0.4 is 11.1 Å². The number of aromatic nitrogens is 3. The van der Waals surface area contributed by atoms with Crippen molar-refractivity contribution in [2.75, 3.05) is 5.32 Å². The Bertz CT molecular complexity index is 959. The van der Waals surface area contributed by atoms with E-state index in [1.54, 1.807) is 20.0 Å². The van der Waals surface area contributed by atoms with Gasteiger partial charge >= 0.3 is 12.0 Å². The maximum absolute atomic E-state index is 12.4. The van der Waals surface area contributed by atoms with Gasteiger partial charge in [-0.15, -0.1) is 0 Å². The second-order valence-electron chi connectivity index (χ2n) is 5.57. The molecule has 4 N–H and O–H groups in total. The molecule has 0 unspecified atom stereocenters. The molecule has 2 aromatic rings. The molecule has 0 saturated carbocycles. The predicted molar refractivity (Wildman–Crippen MR) is 99.3 cm³/mol. The maximum Gasteiger partial charge on any atom is 0.339 e. The fourth-order valence-electron chi connectivity index (χ4n) is 2.59. The van der Waals surface area contributed by atoms with Gasteiger partial charge in [0.05, 0.1) is 17.8 Å². The summed E-state index contributed by atoms with van der Waals surface area (Å²) in [4.78, 5) is 39.4. The number of amides is 2. The average Bonchev–Trinajstić information content (AvgIpc) is 2.92. The van der Waals surface area contributed by atoms with Gasteiger partial charge in [-0.3, -0.25) is 14.5 Å². The summed E-state index contributed by atoms with van der Waals surface area (Å²) in [6.45, 7) is 5.28. The van der Waals surface area contributed by atoms with Crippen LogP contribution in [-0.2, 0) is 18.3 Å². The van der Waals surface area contributed by atoms with Crippen molar-refractivity contribution < 1.29 is 19.5 Å². The van der Waals surface area contributed by atoms with Gasteiger partial charge in [0.2, 0.25) is 0 Å². The van der Waals surface area contributed by atoms with Crippen LogP contribution >= 0.6 is 0 Å². The standard InChI is InChI=1S/C18H19N5O4/c1-4-10(5-2)14(24)9-13-15(17(25)26)16(22-23(13)3)12-8-11(6-7-20-12)21-18(19)27/h4-8H,1,9H2,2-3H3,(H,25,26)(H3,19,20,21,27)/b10-5+. The van der Waals surface area contributed by atoms with Crippen LogP contribution in [0.25, 0.3) is 11.4 Å². The molecular formula is C18H19N5O4. The summed E-state index contributed by atoms with van der Waals surface area (Å²) < 4.78 is 1.34. The minimum Gasteiger partial charge on any atom is -0.478 e. The zero-order valence-electron chi connectivity index (χ0n) is 14.9. The number of urea groups is 1. The van der Waals surface area contributed by atoms with E-state index in [1.807, 2.05) is 0 Å². The number of carbonyl (C=O) groups excluding carboxylic acids is 2. The van der Waals surface area contributed by atoms with Gasteiger partial charge in [-0.1, -0.05) is 18.7 Å². The minimum absolute atomic E-state index is 0.0848. The smallest absolute Gasteiger partial charge is 0.339 e. The number of nitrogens with one attached hydrogen (secondary N) is 1. The number of allylic oxidation sites excluding steroid dienone is 3. The second-order valence-corrected chi connectivity index (χ2v) is 5.57. The van der Waals surface area contributed by atoms with Gasteiger partial charge in [0.15, 0.2) is 5.78 Å². The third-order valence-electron chi connectivity index (χ3n) is 3.83. The Balaban J connectivity index is 2.54. The van der Waals surface area contributed by atoms with Crippen LogP contribution in [0.5, 0.6) is 0 Å². The van der Waals surface area contributed by atoms with E-state index in [1.165, 1.54) is 29.1 Å². The highest BCUT2D eigenvalue weighted by Crippen LogP contribution is 2.26. The number of hydrogen-bond donors (Lipinski definition) is 3. The van der Waals surface area contributed by atoms with Gasteiger partial charge in [-0.05, 0) is 19.1 Å². The highest BCUT2D eigenvalue weighted by atomic mass is 16.4. The van der Waals surface area contributed by atoms with Gasteiger partial charge < -0.3 is 16.2 Å². The molecule has 9 heteroatoms. The SMILES string of the molecule is C=C/C(=C\C)C(=O)Cc1c(C(=O)O)c(-c2cc(NC(N)=O)ccn2)nn1C. The molecule has 9 nitrogen and oxygen atoms in total. The van der Waals surface area contributed by atoms with Crippen molar-refractivity contribution in [1.82, 2.24) is 14.8 Å². The normalized spacial score (nSPS) is 11.1. The van der Waals surface area contributed by atoms with Crippen molar-refractivity contribution in [2.24, 2.45) is 12.8 Å². The van der Waals surface area contributed by atoms with Crippen molar-refractivity contribution >= 4 is 23.5 Å². The Morgan fingerprint density at radius 3 is 2.67 bits per heavy atom. The van der Waals surface area contributed by atoms with Crippen molar-refractivity contribution in [2.45, 2.75) is 13.3 Å². The second kappa shape index (κ2) is 8.09. The molecule has 0 radical (unpaired) electrons. The zero-order chi connectivity index (χ0) is 20.1. The molecule has 0 aliphatic carbocycles. The molecule has 2 rings (SSSR count). The van der Waals surface area contributed by atoms with Crippen LogP contribution in [0.15, 0.2) is 42.6 Å². The van der Waals surface area contributed by atoms with E-state index in [4.69, 9.17) is 5.73 Å². The third kappa shape index (κ3) is 4.27. The summed E-state index contributed by atoms with van der Waals surface area (Å²) in [5, 5.41) is 16.3. The van der Waals surface area contributed by atoms with Crippen molar-refractivity contribution in [3.05, 3.63) is 53.9 Å². The number of ketones is 1. The Morgan fingerprint density at radius 2 is 2.11 bits per heavy atom. The van der Waals surface area contributed by atoms with Crippen LogP contribution in [0.1, 0.15) is 23.0 Å². The van der Waals surface area contributed by atoms with E-state index in [0.717, 1.165) is 0 Å². The molecule has 0 aliphatic heterocycles. The van der Waals surface area contributed by atoms with Crippen LogP contribution in [0.2, 0.25) is 0 Å². The number of hydrogen-bond acceptors (Lipinski definition) is 5. The number of primary amides is 1. The lowest BCUT2D eigenvalue weighted by Crippen LogP contribution is -2.19. The number of nitrogens with two attached hydrogens (primary N) is 1. The number of aryl methyl sites for hydroxylation is 1. The molecule has 27 heavy (non-hydrogen) atoms. The van der Waals surface area contributed by atoms with Gasteiger partial charge in [0.1, 0.15) is 11.3 Å². The van der Waals surface area contributed by atoms with E-state index >= 15 is 0 Å². The summed E-state index contributed by atoms with van der Waals surface area (Å²) in [5.41, 5.74) is 6.24. The predicted octanol–water partition coefficient (Wildman–Crippen LogP) is 1.91. The van der Waals surface area contributed by atoms with E-state index in [9.17, 15) is 19.5 Å². The molecule has 0 atom stereocenters. The molecule has 140 valence electrons. The van der Waals surface area contributed by atoms with Gasteiger partial charge in [-0.2, -0.15) is 5.10 Å². The fraction of sp³-hybridized carbons (Fsp3) is 0.167. The molecule has 0 saturated heterocycles. The highest BCUT2D eigenvalue weighted by molar-refractivity contribution is 6.02. The number of Topliss-reactive ketones (excluding diaryl/α,β-unsaturated/α-hetero) is 1. The van der Waals surface area contributed by atoms with Gasteiger partial charge in [-0.25, -0.2) is 9.59 Å². The molecule has 0 spiro atoms. The third-order valence-corrected chi connectivity index (χ3v) is 3.83. The first-order valence-electron chi connectivity index (χ1n) is 7.92. The summed E-state index contributed by atoms with van der Waals surface area (Å²) in [7, 11) is 1.55. The van der Waals surface area contributed by atoms with Gasteiger partial charge in [0, 0.05) is 24.5 Å². The number of carboxylic acids is 1. The van der Waals surface area contributed by atoms with Crippen LogP contribution in [0.3, 0.4) is 0 Å². The van der Waals surface area contributed by atoms with Gasteiger partial charge in [0.25, 0.3) is 0 Å². The Morgan fingerprint density at radius 1 is 1.41 bits per heavy atom. The minimum atomic E-state index is -1.24. The number of anilines is 1. The number of pyridine rings is 1. The van der Waals surface area contributed by atoms with Crippen molar-refractivity contribution in [3.63, 3.8) is 0 Å². The number of aromatic carboxylic acids is 1. The van der Waals surface area contributed by atoms with Crippen LogP contribution in [0, 0.1) is 0 Å².